The summed E-state index contributed by atoms with van der Waals surface area (Å²) in [6.45, 7) is 6.38. The Balaban J connectivity index is 4.34. The van der Waals surface area contributed by atoms with Gasteiger partial charge in [-0.1, -0.05) is 294 Å². The van der Waals surface area contributed by atoms with Crippen molar-refractivity contribution in [1.82, 2.24) is 0 Å². The third-order valence-electron chi connectivity index (χ3n) is 13.8. The van der Waals surface area contributed by atoms with E-state index in [4.69, 9.17) is 14.2 Å². The molecule has 0 aliphatic rings. The van der Waals surface area contributed by atoms with Gasteiger partial charge in [0.1, 0.15) is 13.2 Å². The predicted octanol–water partition coefficient (Wildman–Crippen LogP) is 23.3. The average molecular weight is 1130 g/mol. The summed E-state index contributed by atoms with van der Waals surface area (Å²) in [5.74, 6) is -0.939. The molecule has 0 bridgehead atoms. The smallest absolute Gasteiger partial charge is 0.306 e. The normalized spacial score (nSPS) is 13.2. The van der Waals surface area contributed by atoms with Crippen molar-refractivity contribution in [2.75, 3.05) is 13.2 Å². The summed E-state index contributed by atoms with van der Waals surface area (Å²) in [6, 6.07) is 0. The van der Waals surface area contributed by atoms with Gasteiger partial charge in [0.15, 0.2) is 6.10 Å². The molecule has 0 heterocycles. The highest BCUT2D eigenvalue weighted by molar-refractivity contribution is 5.71. The Labute approximate surface area is 505 Å². The van der Waals surface area contributed by atoms with Gasteiger partial charge in [0.25, 0.3) is 0 Å². The number of hydrogen-bond donors (Lipinski definition) is 0. The number of unbranched alkanes of at least 4 members (excludes halogenated alkanes) is 22. The first-order chi connectivity index (χ1) is 40.5. The zero-order valence-corrected chi connectivity index (χ0v) is 52.9. The number of esters is 3. The fourth-order valence-corrected chi connectivity index (χ4v) is 8.84. The van der Waals surface area contributed by atoms with Gasteiger partial charge in [0, 0.05) is 19.3 Å². The molecule has 1 atom stereocenters. The highest BCUT2D eigenvalue weighted by Gasteiger charge is 2.19. The summed E-state index contributed by atoms with van der Waals surface area (Å²) >= 11 is 0. The van der Waals surface area contributed by atoms with E-state index in [2.05, 4.69) is 179 Å². The third kappa shape index (κ3) is 65.8. The summed E-state index contributed by atoms with van der Waals surface area (Å²) < 4.78 is 16.9. The molecule has 0 N–H and O–H groups in total. The van der Waals surface area contributed by atoms with E-state index in [1.165, 1.54) is 70.6 Å². The first-order valence-corrected chi connectivity index (χ1v) is 33.5. The second-order valence-electron chi connectivity index (χ2n) is 21.6. The van der Waals surface area contributed by atoms with Gasteiger partial charge in [-0.05, 0) is 128 Å². The molecule has 0 aromatic rings. The first kappa shape index (κ1) is 77.0. The number of allylic oxidation sites excluding steroid dienone is 26. The summed E-state index contributed by atoms with van der Waals surface area (Å²) in [5.41, 5.74) is 0. The van der Waals surface area contributed by atoms with Gasteiger partial charge in [0.05, 0.1) is 0 Å². The van der Waals surface area contributed by atoms with Crippen LogP contribution in [0.1, 0.15) is 284 Å². The van der Waals surface area contributed by atoms with Crippen LogP contribution in [0.5, 0.6) is 0 Å². The number of carbonyl (C=O) groups excluding carboxylic acids is 3. The van der Waals surface area contributed by atoms with Crippen LogP contribution in [0.25, 0.3) is 0 Å². The third-order valence-corrected chi connectivity index (χ3v) is 13.8. The Bertz CT molecular complexity index is 1830. The van der Waals surface area contributed by atoms with Crippen molar-refractivity contribution in [3.05, 3.63) is 158 Å². The molecule has 0 rings (SSSR count). The van der Waals surface area contributed by atoms with E-state index in [-0.39, 0.29) is 31.1 Å². The molecular formula is C76H122O6. The van der Waals surface area contributed by atoms with Crippen LogP contribution in [0.4, 0.5) is 0 Å². The van der Waals surface area contributed by atoms with E-state index in [0.717, 1.165) is 173 Å². The molecule has 0 aromatic carbocycles. The van der Waals surface area contributed by atoms with E-state index in [1.807, 2.05) is 0 Å². The highest BCUT2D eigenvalue weighted by Crippen LogP contribution is 2.15. The van der Waals surface area contributed by atoms with Gasteiger partial charge >= 0.3 is 17.9 Å². The molecule has 0 radical (unpaired) electrons. The predicted molar refractivity (Wildman–Crippen MR) is 357 cm³/mol. The van der Waals surface area contributed by atoms with E-state index in [9.17, 15) is 14.4 Å². The molecule has 0 aliphatic carbocycles. The van der Waals surface area contributed by atoms with E-state index < -0.39 is 6.10 Å². The van der Waals surface area contributed by atoms with Crippen LogP contribution in [0.3, 0.4) is 0 Å². The van der Waals surface area contributed by atoms with Gasteiger partial charge in [-0.2, -0.15) is 0 Å². The number of carbonyl (C=O) groups is 3. The maximum absolute atomic E-state index is 12.9. The maximum Gasteiger partial charge on any atom is 0.306 e. The Morgan fingerprint density at radius 2 is 0.476 bits per heavy atom. The van der Waals surface area contributed by atoms with Crippen molar-refractivity contribution in [3.8, 4) is 0 Å². The molecule has 0 saturated heterocycles. The van der Waals surface area contributed by atoms with Crippen molar-refractivity contribution in [2.45, 2.75) is 290 Å². The maximum atomic E-state index is 12.9. The van der Waals surface area contributed by atoms with E-state index in [1.54, 1.807) is 0 Å². The van der Waals surface area contributed by atoms with Gasteiger partial charge in [0.2, 0.25) is 0 Å². The lowest BCUT2D eigenvalue weighted by Crippen LogP contribution is -2.30. The zero-order valence-electron chi connectivity index (χ0n) is 52.9. The summed E-state index contributed by atoms with van der Waals surface area (Å²) in [5, 5.41) is 0. The van der Waals surface area contributed by atoms with Gasteiger partial charge < -0.3 is 14.2 Å². The molecule has 82 heavy (non-hydrogen) atoms. The lowest BCUT2D eigenvalue weighted by atomic mass is 10.0. The van der Waals surface area contributed by atoms with Crippen molar-refractivity contribution in [3.63, 3.8) is 0 Å². The number of ether oxygens (including phenoxy) is 3. The first-order valence-electron chi connectivity index (χ1n) is 33.5. The monoisotopic (exact) mass is 1130 g/mol. The second-order valence-corrected chi connectivity index (χ2v) is 21.6. The molecule has 0 amide bonds. The quantitative estimate of drug-likeness (QED) is 0.0261. The standard InChI is InChI=1S/C76H122O6/c1-4-7-10-13-16-19-22-25-28-29-30-31-32-33-34-35-36-37-38-39-40-41-42-43-44-45-46-47-49-51-54-57-60-63-66-69-75(78)81-72-73(71-80-74(77)68-65-62-59-56-53-50-27-24-21-18-15-12-9-6-3)82-76(79)70-67-64-61-58-55-52-48-26-23-20-17-14-11-8-5-2/h7-8,10-11,16-17,19-20,25-26,28,30-31,33-34,36-37,39-40,42-43,45-46,48-49,51,73H,4-6,9,12-15,18,21-24,27,29,32,35,38,41,44,47,50,52-72H2,1-3H3/b10-7-,11-8-,19-16-,20-17-,28-25-,31-30-,34-33-,37-36-,40-39-,43-42-,46-45-,48-26-,51-49-. The molecular weight excluding hydrogens is 1010 g/mol. The molecule has 462 valence electrons. The van der Waals surface area contributed by atoms with Crippen LogP contribution < -0.4 is 0 Å². The lowest BCUT2D eigenvalue weighted by Gasteiger charge is -2.18. The fourth-order valence-electron chi connectivity index (χ4n) is 8.84. The Morgan fingerprint density at radius 1 is 0.256 bits per heavy atom. The topological polar surface area (TPSA) is 78.9 Å². The molecule has 6 heteroatoms. The van der Waals surface area contributed by atoms with Gasteiger partial charge in [-0.25, -0.2) is 0 Å². The van der Waals surface area contributed by atoms with Crippen LogP contribution in [0.15, 0.2) is 158 Å². The van der Waals surface area contributed by atoms with Gasteiger partial charge in [-0.15, -0.1) is 0 Å². The average Bonchev–Trinajstić information content (AvgIpc) is 3.48. The van der Waals surface area contributed by atoms with Gasteiger partial charge in [-0.3, -0.25) is 14.4 Å². The minimum absolute atomic E-state index is 0.0961. The Hall–Kier alpha value is -4.97. The molecule has 1 unspecified atom stereocenters. The summed E-state index contributed by atoms with van der Waals surface area (Å²) in [6.07, 6.45) is 99.7. The Morgan fingerprint density at radius 3 is 0.744 bits per heavy atom. The number of hydrogen-bond acceptors (Lipinski definition) is 6. The van der Waals surface area contributed by atoms with Crippen LogP contribution in [0.2, 0.25) is 0 Å². The SMILES string of the molecule is CC/C=C\C/C=C\C/C=C\C/C=C\C/C=C\C/C=C\C/C=C\C/C=C\C/C=C\C/C=C\CCCCCCC(=O)OCC(COC(=O)CCCCCCCCCCCCCCCC)OC(=O)CCCCCCC/C=C\C/C=C\C/C=C\CC. The summed E-state index contributed by atoms with van der Waals surface area (Å²) in [4.78, 5) is 38.3. The molecule has 0 spiro atoms. The van der Waals surface area contributed by atoms with Crippen molar-refractivity contribution >= 4 is 17.9 Å². The molecule has 0 aliphatic heterocycles. The molecule has 6 nitrogen and oxygen atoms in total. The minimum atomic E-state index is -0.803. The molecule has 0 saturated carbocycles. The van der Waals surface area contributed by atoms with Crippen molar-refractivity contribution in [2.24, 2.45) is 0 Å². The fraction of sp³-hybridized carbons (Fsp3) is 0.618. The second kappa shape index (κ2) is 68.5. The van der Waals surface area contributed by atoms with Crippen molar-refractivity contribution in [1.29, 1.82) is 0 Å². The van der Waals surface area contributed by atoms with Crippen LogP contribution in [-0.4, -0.2) is 37.2 Å². The molecule has 0 fully saturated rings. The highest BCUT2D eigenvalue weighted by atomic mass is 16.6. The largest absolute Gasteiger partial charge is 0.462 e. The zero-order chi connectivity index (χ0) is 59.2. The van der Waals surface area contributed by atoms with Crippen molar-refractivity contribution < 1.29 is 28.6 Å². The van der Waals surface area contributed by atoms with Crippen LogP contribution in [-0.2, 0) is 28.6 Å². The minimum Gasteiger partial charge on any atom is -0.462 e. The number of rotatable bonds is 59. The Kier molecular flexibility index (Phi) is 64.4. The van der Waals surface area contributed by atoms with Crippen LogP contribution >= 0.6 is 0 Å². The van der Waals surface area contributed by atoms with E-state index in [0.29, 0.717) is 19.3 Å². The van der Waals surface area contributed by atoms with E-state index >= 15 is 0 Å². The lowest BCUT2D eigenvalue weighted by molar-refractivity contribution is -0.167. The summed E-state index contributed by atoms with van der Waals surface area (Å²) in [7, 11) is 0. The van der Waals surface area contributed by atoms with Crippen LogP contribution in [0, 0.1) is 0 Å². The molecule has 0 aromatic heterocycles.